The molecule has 0 atom stereocenters. The Bertz CT molecular complexity index is 226. The molecule has 0 aromatic heterocycles. The molecule has 0 spiro atoms. The lowest BCUT2D eigenvalue weighted by atomic mass is 10.6. The molecule has 0 rings (SSSR count). The largest absolute Gasteiger partial charge is 0.529 e. The third-order valence-corrected chi connectivity index (χ3v) is 2.25. The normalized spacial score (nSPS) is 10.8. The fourth-order valence-corrected chi connectivity index (χ4v) is 0.969. The Balaban J connectivity index is 4.32. The first-order chi connectivity index (χ1) is 5.45. The van der Waals surface area contributed by atoms with E-state index in [1.807, 2.05) is 0 Å². The first-order valence-electron chi connectivity index (χ1n) is 2.78. The molecule has 0 saturated heterocycles. The van der Waals surface area contributed by atoms with E-state index in [-0.39, 0.29) is 0 Å². The van der Waals surface area contributed by atoms with Crippen LogP contribution in [0, 0.1) is 0 Å². The lowest BCUT2D eigenvalue weighted by molar-refractivity contribution is -0.135. The van der Waals surface area contributed by atoms with Crippen LogP contribution in [0.2, 0.25) is 0 Å². The van der Waals surface area contributed by atoms with E-state index >= 15 is 0 Å². The Morgan fingerprint density at radius 1 is 1.42 bits per heavy atom. The summed E-state index contributed by atoms with van der Waals surface area (Å²) in [5.41, 5.74) is 0. The molecule has 70 valence electrons. The smallest absolute Gasteiger partial charge is 0.475 e. The Kier molecular flexibility index (Phi) is 3.95. The second-order valence-corrected chi connectivity index (χ2v) is 3.44. The summed E-state index contributed by atoms with van der Waals surface area (Å²) in [6.45, 7) is 2.98. The Morgan fingerprint density at radius 2 is 1.83 bits per heavy atom. The summed E-state index contributed by atoms with van der Waals surface area (Å²) >= 11 is 0. The number of hydrogen-bond donors (Lipinski definition) is 1. The van der Waals surface area contributed by atoms with E-state index < -0.39 is 19.6 Å². The van der Waals surface area contributed by atoms with Crippen molar-refractivity contribution >= 4 is 13.8 Å². The zero-order valence-corrected chi connectivity index (χ0v) is 7.54. The molecule has 0 fully saturated rings. The quantitative estimate of drug-likeness (QED) is 0.401. The predicted molar refractivity (Wildman–Crippen MR) is 39.5 cm³/mol. The van der Waals surface area contributed by atoms with Gasteiger partial charge in [-0.25, -0.2) is 9.36 Å². The lowest BCUT2D eigenvalue weighted by Gasteiger charge is -2.12. The number of aliphatic carboxylic acids is 1. The summed E-state index contributed by atoms with van der Waals surface area (Å²) in [6, 6.07) is 0. The number of phosphoric acid groups is 1. The average Bonchev–Trinajstić information content (AvgIpc) is 2.04. The molecular formula is C5H9O6P. The molecule has 0 aromatic rings. The average molecular weight is 196 g/mol. The molecule has 0 aliphatic carbocycles. The van der Waals surface area contributed by atoms with E-state index in [1.54, 1.807) is 0 Å². The van der Waals surface area contributed by atoms with Crippen molar-refractivity contribution in [3.05, 3.63) is 12.3 Å². The molecule has 6 nitrogen and oxygen atoms in total. The third-order valence-electron chi connectivity index (χ3n) is 0.908. The first-order valence-corrected chi connectivity index (χ1v) is 4.24. The third kappa shape index (κ3) is 3.04. The number of hydrogen-bond acceptors (Lipinski definition) is 5. The van der Waals surface area contributed by atoms with Crippen LogP contribution < -0.4 is 0 Å². The van der Waals surface area contributed by atoms with Crippen molar-refractivity contribution in [1.29, 1.82) is 0 Å². The van der Waals surface area contributed by atoms with Crippen molar-refractivity contribution in [2.24, 2.45) is 0 Å². The second-order valence-electron chi connectivity index (χ2n) is 1.63. The van der Waals surface area contributed by atoms with Gasteiger partial charge < -0.3 is 9.63 Å². The van der Waals surface area contributed by atoms with Crippen LogP contribution in [-0.2, 0) is 22.9 Å². The van der Waals surface area contributed by atoms with Crippen LogP contribution in [0.4, 0.5) is 0 Å². The topological polar surface area (TPSA) is 82.1 Å². The Morgan fingerprint density at radius 3 is 2.08 bits per heavy atom. The lowest BCUT2D eigenvalue weighted by Crippen LogP contribution is -2.03. The molecule has 0 heterocycles. The molecule has 0 amide bonds. The van der Waals surface area contributed by atoms with Gasteiger partial charge in [-0.15, -0.1) is 0 Å². The molecule has 7 heteroatoms. The van der Waals surface area contributed by atoms with Crippen LogP contribution >= 0.6 is 7.82 Å². The van der Waals surface area contributed by atoms with Crippen LogP contribution in [0.15, 0.2) is 12.3 Å². The highest BCUT2D eigenvalue weighted by Gasteiger charge is 2.27. The van der Waals surface area contributed by atoms with Gasteiger partial charge in [-0.05, 0) is 6.58 Å². The van der Waals surface area contributed by atoms with Crippen molar-refractivity contribution in [2.75, 3.05) is 14.2 Å². The van der Waals surface area contributed by atoms with Crippen LogP contribution in [0.5, 0.6) is 0 Å². The van der Waals surface area contributed by atoms with Gasteiger partial charge in [-0.3, -0.25) is 9.05 Å². The monoisotopic (exact) mass is 196 g/mol. The van der Waals surface area contributed by atoms with E-state index in [9.17, 15) is 9.36 Å². The van der Waals surface area contributed by atoms with Crippen molar-refractivity contribution in [1.82, 2.24) is 0 Å². The second kappa shape index (κ2) is 4.25. The summed E-state index contributed by atoms with van der Waals surface area (Å²) in [6.07, 6.45) is 0. The standard InChI is InChI=1S/C5H9O6P/c1-4(5(6)7)11-12(8,9-2)10-3/h1H2,2-3H3,(H,6,7). The highest BCUT2D eigenvalue weighted by Crippen LogP contribution is 2.49. The molecule has 12 heavy (non-hydrogen) atoms. The highest BCUT2D eigenvalue weighted by molar-refractivity contribution is 7.48. The van der Waals surface area contributed by atoms with Crippen LogP contribution in [0.25, 0.3) is 0 Å². The molecule has 0 saturated carbocycles. The molecule has 0 aromatic carbocycles. The van der Waals surface area contributed by atoms with Gasteiger partial charge in [0.2, 0.25) is 5.76 Å². The van der Waals surface area contributed by atoms with Gasteiger partial charge in [0.05, 0.1) is 0 Å². The minimum atomic E-state index is -3.77. The maximum absolute atomic E-state index is 11.1. The number of phosphoric ester groups is 1. The predicted octanol–water partition coefficient (Wildman–Crippen LogP) is 1.00. The van der Waals surface area contributed by atoms with Gasteiger partial charge >= 0.3 is 13.8 Å². The number of rotatable bonds is 5. The van der Waals surface area contributed by atoms with E-state index in [0.717, 1.165) is 14.2 Å². The van der Waals surface area contributed by atoms with Gasteiger partial charge in [0.25, 0.3) is 0 Å². The zero-order valence-electron chi connectivity index (χ0n) is 6.64. The summed E-state index contributed by atoms with van der Waals surface area (Å²) in [7, 11) is -1.63. The summed E-state index contributed by atoms with van der Waals surface area (Å²) in [5, 5.41) is 8.28. The van der Waals surface area contributed by atoms with E-state index in [4.69, 9.17) is 5.11 Å². The van der Waals surface area contributed by atoms with Crippen molar-refractivity contribution in [3.8, 4) is 0 Å². The SMILES string of the molecule is C=C(OP(=O)(OC)OC)C(=O)O. The van der Waals surface area contributed by atoms with E-state index in [0.29, 0.717) is 0 Å². The summed E-state index contributed by atoms with van der Waals surface area (Å²) < 4.78 is 24.0. The highest BCUT2D eigenvalue weighted by atomic mass is 31.2. The minimum absolute atomic E-state index is 0.693. The van der Waals surface area contributed by atoms with Crippen LogP contribution in [0.1, 0.15) is 0 Å². The maximum atomic E-state index is 11.1. The zero-order chi connectivity index (χ0) is 9.78. The van der Waals surface area contributed by atoms with Gasteiger partial charge in [0.15, 0.2) is 0 Å². The first kappa shape index (κ1) is 11.2. The van der Waals surface area contributed by atoms with Crippen molar-refractivity contribution in [3.63, 3.8) is 0 Å². The fourth-order valence-electron chi connectivity index (χ4n) is 0.323. The van der Waals surface area contributed by atoms with Crippen molar-refractivity contribution in [2.45, 2.75) is 0 Å². The number of carbonyl (C=O) groups is 1. The minimum Gasteiger partial charge on any atom is -0.475 e. The van der Waals surface area contributed by atoms with Gasteiger partial charge in [0, 0.05) is 14.2 Å². The number of carboxylic acid groups (broad SMARTS) is 1. The van der Waals surface area contributed by atoms with Crippen molar-refractivity contribution < 1.29 is 28.0 Å². The number of carboxylic acids is 1. The molecule has 0 bridgehead atoms. The fraction of sp³-hybridized carbons (Fsp3) is 0.400. The molecule has 0 aliphatic rings. The Hall–Kier alpha value is -0.840. The molecular weight excluding hydrogens is 187 g/mol. The molecule has 0 unspecified atom stereocenters. The van der Waals surface area contributed by atoms with E-state index in [2.05, 4.69) is 20.2 Å². The molecule has 0 aliphatic heterocycles. The van der Waals surface area contributed by atoms with E-state index in [1.165, 1.54) is 0 Å². The Labute approximate surface area is 69.4 Å². The molecule has 0 radical (unpaired) electrons. The summed E-state index contributed by atoms with van der Waals surface area (Å²) in [4.78, 5) is 10.2. The van der Waals surface area contributed by atoms with Crippen LogP contribution in [-0.4, -0.2) is 25.3 Å². The van der Waals surface area contributed by atoms with Crippen LogP contribution in [0.3, 0.4) is 0 Å². The van der Waals surface area contributed by atoms with Gasteiger partial charge in [0.1, 0.15) is 0 Å². The molecule has 1 N–H and O–H groups in total. The maximum Gasteiger partial charge on any atom is 0.529 e. The summed E-state index contributed by atoms with van der Waals surface area (Å²) in [5.74, 6) is -2.12. The van der Waals surface area contributed by atoms with Gasteiger partial charge in [-0.2, -0.15) is 0 Å². The van der Waals surface area contributed by atoms with Gasteiger partial charge in [-0.1, -0.05) is 0 Å².